The standard InChI is InChI=1S/C11H14N4O/c1-3-6-15-10(4-5-12-15)11(16)9-7-13-14(2)8-9/h4-5,7-8H,3,6H2,1-2H3. The average molecular weight is 218 g/mol. The molecule has 16 heavy (non-hydrogen) atoms. The van der Waals surface area contributed by atoms with E-state index in [0.29, 0.717) is 11.3 Å². The van der Waals surface area contributed by atoms with Gasteiger partial charge in [0.15, 0.2) is 0 Å². The molecule has 0 fully saturated rings. The summed E-state index contributed by atoms with van der Waals surface area (Å²) in [6.45, 7) is 2.81. The molecule has 84 valence electrons. The van der Waals surface area contributed by atoms with Crippen molar-refractivity contribution in [3.8, 4) is 0 Å². The molecule has 0 aliphatic heterocycles. The molecule has 0 atom stereocenters. The zero-order valence-electron chi connectivity index (χ0n) is 9.42. The number of hydrogen-bond donors (Lipinski definition) is 0. The predicted octanol–water partition coefficient (Wildman–Crippen LogP) is 1.26. The van der Waals surface area contributed by atoms with E-state index in [9.17, 15) is 4.79 Å². The summed E-state index contributed by atoms with van der Waals surface area (Å²) in [4.78, 5) is 12.1. The lowest BCUT2D eigenvalue weighted by Crippen LogP contribution is -2.10. The number of aromatic nitrogens is 4. The third-order valence-electron chi connectivity index (χ3n) is 2.35. The zero-order chi connectivity index (χ0) is 11.5. The molecule has 0 aliphatic carbocycles. The molecule has 0 saturated carbocycles. The quantitative estimate of drug-likeness (QED) is 0.726. The summed E-state index contributed by atoms with van der Waals surface area (Å²) < 4.78 is 3.35. The molecule has 2 rings (SSSR count). The first-order valence-electron chi connectivity index (χ1n) is 5.27. The van der Waals surface area contributed by atoms with Gasteiger partial charge in [-0.2, -0.15) is 10.2 Å². The molecule has 0 spiro atoms. The van der Waals surface area contributed by atoms with Gasteiger partial charge in [0, 0.05) is 26.0 Å². The number of ketones is 1. The summed E-state index contributed by atoms with van der Waals surface area (Å²) in [5.74, 6) is -0.0287. The van der Waals surface area contributed by atoms with Gasteiger partial charge >= 0.3 is 0 Å². The molecule has 0 aliphatic rings. The molecule has 5 nitrogen and oxygen atoms in total. The Balaban J connectivity index is 2.30. The minimum atomic E-state index is -0.0287. The molecule has 2 aromatic heterocycles. The average Bonchev–Trinajstić information content (AvgIpc) is 2.87. The first kappa shape index (κ1) is 10.6. The van der Waals surface area contributed by atoms with Gasteiger partial charge in [-0.15, -0.1) is 0 Å². The van der Waals surface area contributed by atoms with Crippen LogP contribution in [0.4, 0.5) is 0 Å². The normalized spacial score (nSPS) is 10.6. The highest BCUT2D eigenvalue weighted by molar-refractivity contribution is 6.07. The topological polar surface area (TPSA) is 52.7 Å². The fraction of sp³-hybridized carbons (Fsp3) is 0.364. The van der Waals surface area contributed by atoms with Gasteiger partial charge in [0.1, 0.15) is 5.69 Å². The van der Waals surface area contributed by atoms with Crippen LogP contribution in [0.1, 0.15) is 29.4 Å². The minimum absolute atomic E-state index is 0.0287. The number of carbonyl (C=O) groups excluding carboxylic acids is 1. The van der Waals surface area contributed by atoms with Crippen molar-refractivity contribution in [3.63, 3.8) is 0 Å². The fourth-order valence-corrected chi connectivity index (χ4v) is 1.60. The van der Waals surface area contributed by atoms with Crippen molar-refractivity contribution in [1.82, 2.24) is 19.6 Å². The van der Waals surface area contributed by atoms with Gasteiger partial charge in [0.05, 0.1) is 11.8 Å². The maximum atomic E-state index is 12.1. The van der Waals surface area contributed by atoms with Crippen molar-refractivity contribution in [2.75, 3.05) is 0 Å². The molecule has 0 radical (unpaired) electrons. The van der Waals surface area contributed by atoms with Crippen LogP contribution in [0.5, 0.6) is 0 Å². The summed E-state index contributed by atoms with van der Waals surface area (Å²) in [7, 11) is 1.79. The van der Waals surface area contributed by atoms with E-state index in [1.807, 2.05) is 0 Å². The van der Waals surface area contributed by atoms with Gasteiger partial charge in [-0.05, 0) is 12.5 Å². The van der Waals surface area contributed by atoms with Crippen molar-refractivity contribution < 1.29 is 4.79 Å². The Kier molecular flexibility index (Phi) is 2.85. The molecule has 0 amide bonds. The van der Waals surface area contributed by atoms with E-state index in [0.717, 1.165) is 13.0 Å². The van der Waals surface area contributed by atoms with Crippen LogP contribution in [0.15, 0.2) is 24.7 Å². The lowest BCUT2D eigenvalue weighted by Gasteiger charge is -2.03. The molecule has 0 bridgehead atoms. The van der Waals surface area contributed by atoms with E-state index in [1.165, 1.54) is 0 Å². The molecule has 2 heterocycles. The maximum Gasteiger partial charge on any atom is 0.214 e. The van der Waals surface area contributed by atoms with E-state index in [4.69, 9.17) is 0 Å². The Morgan fingerprint density at radius 3 is 2.88 bits per heavy atom. The lowest BCUT2D eigenvalue weighted by atomic mass is 10.2. The van der Waals surface area contributed by atoms with Crippen LogP contribution >= 0.6 is 0 Å². The monoisotopic (exact) mass is 218 g/mol. The molecule has 0 aromatic carbocycles. The highest BCUT2D eigenvalue weighted by Gasteiger charge is 2.15. The van der Waals surface area contributed by atoms with Crippen LogP contribution in [0, 0.1) is 0 Å². The van der Waals surface area contributed by atoms with Crippen LogP contribution in [0.2, 0.25) is 0 Å². The van der Waals surface area contributed by atoms with Gasteiger partial charge in [-0.1, -0.05) is 6.92 Å². The summed E-state index contributed by atoms with van der Waals surface area (Å²) in [5, 5.41) is 8.12. The maximum absolute atomic E-state index is 12.1. The second-order valence-corrected chi connectivity index (χ2v) is 3.67. The third kappa shape index (κ3) is 1.88. The molecule has 5 heteroatoms. The SMILES string of the molecule is CCCn1nccc1C(=O)c1cnn(C)c1. The van der Waals surface area contributed by atoms with Crippen LogP contribution in [-0.2, 0) is 13.6 Å². The van der Waals surface area contributed by atoms with Crippen LogP contribution < -0.4 is 0 Å². The van der Waals surface area contributed by atoms with Crippen LogP contribution in [-0.4, -0.2) is 25.3 Å². The van der Waals surface area contributed by atoms with Crippen LogP contribution in [0.25, 0.3) is 0 Å². The second-order valence-electron chi connectivity index (χ2n) is 3.67. The lowest BCUT2D eigenvalue weighted by molar-refractivity contribution is 0.102. The van der Waals surface area contributed by atoms with Gasteiger partial charge in [0.25, 0.3) is 0 Å². The van der Waals surface area contributed by atoms with Crippen molar-refractivity contribution in [3.05, 3.63) is 35.9 Å². The van der Waals surface area contributed by atoms with E-state index in [2.05, 4.69) is 17.1 Å². The Morgan fingerprint density at radius 2 is 2.25 bits per heavy atom. The van der Waals surface area contributed by atoms with Crippen molar-refractivity contribution in [2.24, 2.45) is 7.05 Å². The van der Waals surface area contributed by atoms with Gasteiger partial charge in [0.2, 0.25) is 5.78 Å². The number of nitrogens with zero attached hydrogens (tertiary/aromatic N) is 4. The summed E-state index contributed by atoms with van der Waals surface area (Å²) >= 11 is 0. The number of rotatable bonds is 4. The Labute approximate surface area is 93.7 Å². The zero-order valence-corrected chi connectivity index (χ0v) is 9.42. The molecule has 0 saturated heterocycles. The Bertz CT molecular complexity index is 498. The smallest absolute Gasteiger partial charge is 0.214 e. The third-order valence-corrected chi connectivity index (χ3v) is 2.35. The van der Waals surface area contributed by atoms with Crippen molar-refractivity contribution in [2.45, 2.75) is 19.9 Å². The van der Waals surface area contributed by atoms with Gasteiger partial charge < -0.3 is 0 Å². The summed E-state index contributed by atoms with van der Waals surface area (Å²) in [6.07, 6.45) is 5.89. The van der Waals surface area contributed by atoms with Crippen molar-refractivity contribution in [1.29, 1.82) is 0 Å². The summed E-state index contributed by atoms with van der Waals surface area (Å²) in [5.41, 5.74) is 1.22. The van der Waals surface area contributed by atoms with E-state index >= 15 is 0 Å². The van der Waals surface area contributed by atoms with Gasteiger partial charge in [-0.3, -0.25) is 14.2 Å². The highest BCUT2D eigenvalue weighted by Crippen LogP contribution is 2.08. The summed E-state index contributed by atoms with van der Waals surface area (Å²) in [6, 6.07) is 1.74. The second kappa shape index (κ2) is 4.30. The largest absolute Gasteiger partial charge is 0.287 e. The van der Waals surface area contributed by atoms with E-state index < -0.39 is 0 Å². The predicted molar refractivity (Wildman–Crippen MR) is 59.2 cm³/mol. The fourth-order valence-electron chi connectivity index (χ4n) is 1.60. The number of hydrogen-bond acceptors (Lipinski definition) is 3. The number of carbonyl (C=O) groups is 1. The first-order chi connectivity index (χ1) is 7.72. The first-order valence-corrected chi connectivity index (χ1v) is 5.27. The van der Waals surface area contributed by atoms with Gasteiger partial charge in [-0.25, -0.2) is 0 Å². The molecular formula is C11H14N4O. The van der Waals surface area contributed by atoms with Crippen molar-refractivity contribution >= 4 is 5.78 Å². The Hall–Kier alpha value is -1.91. The molecular weight excluding hydrogens is 204 g/mol. The molecule has 0 unspecified atom stereocenters. The molecule has 0 N–H and O–H groups in total. The number of aryl methyl sites for hydroxylation is 2. The highest BCUT2D eigenvalue weighted by atomic mass is 16.1. The molecule has 2 aromatic rings. The van der Waals surface area contributed by atoms with Crippen LogP contribution in [0.3, 0.4) is 0 Å². The Morgan fingerprint density at radius 1 is 1.44 bits per heavy atom. The minimum Gasteiger partial charge on any atom is -0.287 e. The van der Waals surface area contributed by atoms with E-state index in [1.54, 1.807) is 41.1 Å². The van der Waals surface area contributed by atoms with E-state index in [-0.39, 0.29) is 5.78 Å².